The van der Waals surface area contributed by atoms with Gasteiger partial charge in [0.1, 0.15) is 5.25 Å². The molecule has 11 nitrogen and oxygen atoms in total. The Bertz CT molecular complexity index is 655. The quantitative estimate of drug-likeness (QED) is 0.223. The van der Waals surface area contributed by atoms with Gasteiger partial charge in [-0.25, -0.2) is 9.59 Å². The van der Waals surface area contributed by atoms with E-state index in [0.717, 1.165) is 12.2 Å². The summed E-state index contributed by atoms with van der Waals surface area (Å²) in [5.41, 5.74) is 0. The van der Waals surface area contributed by atoms with Crippen molar-refractivity contribution >= 4 is 46.4 Å². The predicted molar refractivity (Wildman–Crippen MR) is 95.8 cm³/mol. The molecule has 0 radical (unpaired) electrons. The second-order valence-corrected chi connectivity index (χ2v) is 9.57. The summed E-state index contributed by atoms with van der Waals surface area (Å²) in [7, 11) is -4.24. The first kappa shape index (κ1) is 20.2. The van der Waals surface area contributed by atoms with Crippen LogP contribution in [0.2, 0.25) is 0 Å². The van der Waals surface area contributed by atoms with Crippen LogP contribution in [0.3, 0.4) is 0 Å². The van der Waals surface area contributed by atoms with E-state index in [9.17, 15) is 19.2 Å². The van der Waals surface area contributed by atoms with Crippen molar-refractivity contribution in [2.24, 2.45) is 0 Å². The van der Waals surface area contributed by atoms with Gasteiger partial charge in [0.15, 0.2) is 0 Å². The first-order chi connectivity index (χ1) is 12.7. The number of urea groups is 1. The standard InChI is InChI=1S/C14H21N3O8S2/c18-10-5-9(27(22,23)24)13(20)17(10)25-11(19)4-2-1-3-8-12-7(6-26-8)15-14(21)16-12/h7-9,12,22-24H,1-6H2,(H2,15,16,21)/t7-,8?,9-,12-/m0/s1. The van der Waals surface area contributed by atoms with Gasteiger partial charge in [-0.3, -0.25) is 9.59 Å². The van der Waals surface area contributed by atoms with Gasteiger partial charge in [-0.2, -0.15) is 11.8 Å². The van der Waals surface area contributed by atoms with E-state index in [0.29, 0.717) is 12.8 Å². The number of nitrogens with one attached hydrogen (secondary N) is 2. The molecule has 1 unspecified atom stereocenters. The molecule has 0 bridgehead atoms. The van der Waals surface area contributed by atoms with Crippen LogP contribution in [0, 0.1) is 0 Å². The molecule has 3 saturated heterocycles. The van der Waals surface area contributed by atoms with E-state index >= 15 is 0 Å². The molecule has 3 rings (SSSR count). The number of carbonyl (C=O) groups is 4. The zero-order valence-electron chi connectivity index (χ0n) is 14.2. The molecule has 0 aromatic carbocycles. The Kier molecular flexibility index (Phi) is 5.86. The molecule has 27 heavy (non-hydrogen) atoms. The summed E-state index contributed by atoms with van der Waals surface area (Å²) in [6.45, 7) is 0. The summed E-state index contributed by atoms with van der Waals surface area (Å²) in [5.74, 6) is -2.00. The second-order valence-electron chi connectivity index (χ2n) is 6.61. The van der Waals surface area contributed by atoms with E-state index in [2.05, 4.69) is 10.6 Å². The van der Waals surface area contributed by atoms with Crippen molar-refractivity contribution in [3.8, 4) is 0 Å². The number of thioether (sulfide) groups is 1. The molecule has 3 aliphatic heterocycles. The number of hydroxylamine groups is 2. The molecule has 3 aliphatic rings. The Balaban J connectivity index is 1.38. The van der Waals surface area contributed by atoms with Crippen LogP contribution in [0.15, 0.2) is 0 Å². The molecule has 5 N–H and O–H groups in total. The molecule has 0 aromatic rings. The van der Waals surface area contributed by atoms with Crippen LogP contribution < -0.4 is 10.6 Å². The van der Waals surface area contributed by atoms with Gasteiger partial charge in [0.2, 0.25) is 0 Å². The van der Waals surface area contributed by atoms with Gasteiger partial charge >= 0.3 is 12.0 Å². The van der Waals surface area contributed by atoms with E-state index in [1.165, 1.54) is 0 Å². The fourth-order valence-electron chi connectivity index (χ4n) is 3.33. The molecule has 0 spiro atoms. The van der Waals surface area contributed by atoms with Gasteiger partial charge in [-0.05, 0) is 12.8 Å². The number of amides is 4. The average Bonchev–Trinajstić information content (AvgIpc) is 3.19. The number of rotatable bonds is 7. The van der Waals surface area contributed by atoms with Crippen molar-refractivity contribution in [3.05, 3.63) is 0 Å². The summed E-state index contributed by atoms with van der Waals surface area (Å²) >= 11 is 1.76. The van der Waals surface area contributed by atoms with E-state index < -0.39 is 40.3 Å². The van der Waals surface area contributed by atoms with Crippen LogP contribution in [0.4, 0.5) is 4.79 Å². The van der Waals surface area contributed by atoms with Gasteiger partial charge in [0.25, 0.3) is 11.8 Å². The number of unbranched alkanes of at least 4 members (excludes halogenated alkanes) is 1. The first-order valence-corrected chi connectivity index (χ1v) is 11.0. The molecule has 0 saturated carbocycles. The molecule has 3 fully saturated rings. The normalized spacial score (nSPS) is 30.9. The Hall–Kier alpha value is -1.54. The smallest absolute Gasteiger partial charge is 0.332 e. The fraction of sp³-hybridized carbons (Fsp3) is 0.714. The number of nitrogens with zero attached hydrogens (tertiary/aromatic N) is 1. The molecule has 13 heteroatoms. The minimum Gasteiger partial charge on any atom is -0.332 e. The Morgan fingerprint density at radius 1 is 1.22 bits per heavy atom. The molecule has 152 valence electrons. The van der Waals surface area contributed by atoms with Gasteiger partial charge in [-0.15, -0.1) is 5.06 Å². The maximum Gasteiger partial charge on any atom is 0.333 e. The number of hydrogen-bond acceptors (Lipinski definition) is 9. The van der Waals surface area contributed by atoms with Crippen molar-refractivity contribution in [2.75, 3.05) is 5.75 Å². The van der Waals surface area contributed by atoms with E-state index in [-0.39, 0.29) is 34.8 Å². The minimum absolute atomic E-state index is 0.0206. The van der Waals surface area contributed by atoms with E-state index in [1.54, 1.807) is 11.8 Å². The van der Waals surface area contributed by atoms with Crippen LogP contribution >= 0.6 is 22.6 Å². The Morgan fingerprint density at radius 2 is 1.96 bits per heavy atom. The first-order valence-electron chi connectivity index (χ1n) is 8.42. The molecule has 4 amide bonds. The third-order valence-electron chi connectivity index (χ3n) is 4.69. The maximum absolute atomic E-state index is 11.9. The third kappa shape index (κ3) is 4.48. The van der Waals surface area contributed by atoms with Crippen molar-refractivity contribution in [1.29, 1.82) is 0 Å². The number of hydrogen-bond donors (Lipinski definition) is 5. The summed E-state index contributed by atoms with van der Waals surface area (Å²) in [5, 5.41) is 4.48. The van der Waals surface area contributed by atoms with E-state index in [1.807, 2.05) is 0 Å². The number of fused-ring (bicyclic) bond motifs is 1. The lowest BCUT2D eigenvalue weighted by Crippen LogP contribution is -2.36. The van der Waals surface area contributed by atoms with Gasteiger partial charge in [-0.1, -0.05) is 6.42 Å². The van der Waals surface area contributed by atoms with Crippen LogP contribution in [0.5, 0.6) is 0 Å². The Labute approximate surface area is 160 Å². The summed E-state index contributed by atoms with van der Waals surface area (Å²) < 4.78 is 27.4. The lowest BCUT2D eigenvalue weighted by atomic mass is 10.0. The van der Waals surface area contributed by atoms with Gasteiger partial charge < -0.3 is 29.1 Å². The maximum atomic E-state index is 11.9. The topological polar surface area (TPSA) is 166 Å². The van der Waals surface area contributed by atoms with Crippen molar-refractivity contribution < 1.29 is 37.7 Å². The van der Waals surface area contributed by atoms with Crippen molar-refractivity contribution in [1.82, 2.24) is 15.7 Å². The highest BCUT2D eigenvalue weighted by Gasteiger charge is 2.49. The largest absolute Gasteiger partial charge is 0.333 e. The van der Waals surface area contributed by atoms with Crippen molar-refractivity contribution in [2.45, 2.75) is 54.7 Å². The lowest BCUT2D eigenvalue weighted by Gasteiger charge is -2.23. The highest BCUT2D eigenvalue weighted by atomic mass is 32.3. The zero-order valence-corrected chi connectivity index (χ0v) is 15.8. The molecular formula is C14H21N3O8S2. The molecule has 3 heterocycles. The lowest BCUT2D eigenvalue weighted by molar-refractivity contribution is -0.197. The highest BCUT2D eigenvalue weighted by Crippen LogP contribution is 2.44. The average molecular weight is 423 g/mol. The Morgan fingerprint density at radius 3 is 2.63 bits per heavy atom. The second kappa shape index (κ2) is 7.83. The molecule has 0 aromatic heterocycles. The fourth-order valence-corrected chi connectivity index (χ4v) is 5.61. The third-order valence-corrected chi connectivity index (χ3v) is 7.34. The SMILES string of the molecule is O=C1N[C@H]2CSC(CCCCC(=O)ON3C(=O)C[C@H](S(O)(O)O)C3=O)[C@H]2N1. The molecule has 0 aliphatic carbocycles. The highest BCUT2D eigenvalue weighted by molar-refractivity contribution is 8.20. The van der Waals surface area contributed by atoms with E-state index in [4.69, 9.17) is 18.5 Å². The van der Waals surface area contributed by atoms with Crippen LogP contribution in [-0.2, 0) is 19.2 Å². The van der Waals surface area contributed by atoms with Crippen LogP contribution in [0.25, 0.3) is 0 Å². The monoisotopic (exact) mass is 423 g/mol. The van der Waals surface area contributed by atoms with Gasteiger partial charge in [0, 0.05) is 17.4 Å². The zero-order chi connectivity index (χ0) is 19.8. The molecule has 4 atom stereocenters. The summed E-state index contributed by atoms with van der Waals surface area (Å²) in [6, 6.07) is 0.0671. The van der Waals surface area contributed by atoms with Crippen LogP contribution in [-0.4, -0.2) is 70.9 Å². The summed E-state index contributed by atoms with van der Waals surface area (Å²) in [4.78, 5) is 51.4. The van der Waals surface area contributed by atoms with Crippen molar-refractivity contribution in [3.63, 3.8) is 0 Å². The van der Waals surface area contributed by atoms with Gasteiger partial charge in [0.05, 0.1) is 29.4 Å². The molecular weight excluding hydrogens is 402 g/mol. The summed E-state index contributed by atoms with van der Waals surface area (Å²) in [6.07, 6.45) is 1.33. The number of carbonyl (C=O) groups excluding carboxylic acids is 4. The number of imide groups is 1. The predicted octanol–water partition coefficient (Wildman–Crippen LogP) is 0.522. The van der Waals surface area contributed by atoms with Crippen LogP contribution in [0.1, 0.15) is 32.1 Å². The minimum atomic E-state index is -4.24.